The standard InChI is InChI=1S/C26H29ClFN7O3S/c1-34(2)26(38)13-4-7-16(29-23(36)22-21(28)15-6-5-14(27)11-18(15)32-33-22)19(10-13)30-24(37)25-31-17-8-9-35(3)12-20(17)39-25/h5-6,11,13,16,19H,4,7-10,12H2,1-3H3,(H,29,36)(H,30,37). The second-order valence-electron chi connectivity index (χ2n) is 10.3. The lowest BCUT2D eigenvalue weighted by Crippen LogP contribution is -2.56. The molecule has 1 saturated carbocycles. The van der Waals surface area contributed by atoms with Crippen LogP contribution in [0.2, 0.25) is 5.02 Å². The topological polar surface area (TPSA) is 120 Å². The van der Waals surface area contributed by atoms with E-state index in [2.05, 4.69) is 30.7 Å². The fraction of sp³-hybridized carbons (Fsp3) is 0.462. The predicted octanol–water partition coefficient (Wildman–Crippen LogP) is 2.65. The zero-order valence-corrected chi connectivity index (χ0v) is 23.4. The van der Waals surface area contributed by atoms with Crippen LogP contribution in [0.25, 0.3) is 10.9 Å². The Morgan fingerprint density at radius 2 is 1.90 bits per heavy atom. The van der Waals surface area contributed by atoms with Crippen molar-refractivity contribution in [3.63, 3.8) is 0 Å². The highest BCUT2D eigenvalue weighted by atomic mass is 35.5. The summed E-state index contributed by atoms with van der Waals surface area (Å²) in [6.45, 7) is 1.62. The number of hydrogen-bond donors (Lipinski definition) is 2. The van der Waals surface area contributed by atoms with Gasteiger partial charge in [-0.1, -0.05) is 11.6 Å². The number of carbonyl (C=O) groups excluding carboxylic acids is 3. The van der Waals surface area contributed by atoms with Crippen LogP contribution < -0.4 is 10.6 Å². The third-order valence-electron chi connectivity index (χ3n) is 7.27. The Balaban J connectivity index is 1.36. The van der Waals surface area contributed by atoms with Gasteiger partial charge in [0.1, 0.15) is 0 Å². The average molecular weight is 574 g/mol. The molecule has 3 atom stereocenters. The Morgan fingerprint density at radius 1 is 1.13 bits per heavy atom. The number of thiazole rings is 1. The second kappa shape index (κ2) is 11.1. The highest BCUT2D eigenvalue weighted by Crippen LogP contribution is 2.29. The Kier molecular flexibility index (Phi) is 7.79. The first-order valence-corrected chi connectivity index (χ1v) is 13.9. The minimum absolute atomic E-state index is 0.0446. The maximum atomic E-state index is 15.2. The summed E-state index contributed by atoms with van der Waals surface area (Å²) >= 11 is 7.32. The molecule has 5 rings (SSSR count). The van der Waals surface area contributed by atoms with Crippen LogP contribution in [0, 0.1) is 11.7 Å². The van der Waals surface area contributed by atoms with Crippen LogP contribution in [0.1, 0.15) is 50.1 Å². The van der Waals surface area contributed by atoms with Crippen LogP contribution in [0.5, 0.6) is 0 Å². The first-order chi connectivity index (χ1) is 18.6. The van der Waals surface area contributed by atoms with Gasteiger partial charge >= 0.3 is 0 Å². The van der Waals surface area contributed by atoms with Crippen molar-refractivity contribution in [3.8, 4) is 0 Å². The van der Waals surface area contributed by atoms with Gasteiger partial charge in [-0.25, -0.2) is 9.37 Å². The maximum Gasteiger partial charge on any atom is 0.280 e. The van der Waals surface area contributed by atoms with E-state index in [0.717, 1.165) is 30.1 Å². The van der Waals surface area contributed by atoms with E-state index in [4.69, 9.17) is 11.6 Å². The number of halogens is 2. The van der Waals surface area contributed by atoms with Crippen molar-refractivity contribution < 1.29 is 18.8 Å². The van der Waals surface area contributed by atoms with Crippen molar-refractivity contribution in [2.75, 3.05) is 27.7 Å². The van der Waals surface area contributed by atoms with E-state index in [1.807, 2.05) is 7.05 Å². The van der Waals surface area contributed by atoms with Gasteiger partial charge in [0.15, 0.2) is 16.5 Å². The van der Waals surface area contributed by atoms with Crippen LogP contribution in [0.15, 0.2) is 18.2 Å². The molecule has 13 heteroatoms. The Labute approximate surface area is 233 Å². The number of aromatic nitrogens is 3. The molecule has 10 nitrogen and oxygen atoms in total. The molecule has 0 bridgehead atoms. The molecule has 3 aromatic rings. The van der Waals surface area contributed by atoms with Crippen LogP contribution >= 0.6 is 22.9 Å². The molecule has 1 fully saturated rings. The number of rotatable bonds is 5. The summed E-state index contributed by atoms with van der Waals surface area (Å²) < 4.78 is 15.2. The minimum Gasteiger partial charge on any atom is -0.349 e. The molecule has 2 aliphatic rings. The first kappa shape index (κ1) is 27.4. The third-order valence-corrected chi connectivity index (χ3v) is 8.58. The zero-order chi connectivity index (χ0) is 27.8. The van der Waals surface area contributed by atoms with Gasteiger partial charge in [-0.3, -0.25) is 14.4 Å². The van der Waals surface area contributed by atoms with E-state index in [0.29, 0.717) is 29.3 Å². The fourth-order valence-electron chi connectivity index (χ4n) is 5.17. The molecule has 3 heterocycles. The quantitative estimate of drug-likeness (QED) is 0.481. The third kappa shape index (κ3) is 5.73. The molecule has 0 radical (unpaired) electrons. The molecular formula is C26H29ClFN7O3S. The second-order valence-corrected chi connectivity index (χ2v) is 11.8. The van der Waals surface area contributed by atoms with E-state index in [9.17, 15) is 14.4 Å². The molecule has 1 aromatic carbocycles. The lowest BCUT2D eigenvalue weighted by molar-refractivity contribution is -0.134. The molecule has 1 aliphatic carbocycles. The van der Waals surface area contributed by atoms with E-state index in [1.165, 1.54) is 34.4 Å². The highest BCUT2D eigenvalue weighted by Gasteiger charge is 2.37. The van der Waals surface area contributed by atoms with Crippen LogP contribution in [-0.2, 0) is 17.8 Å². The Morgan fingerprint density at radius 3 is 2.67 bits per heavy atom. The minimum atomic E-state index is -0.801. The van der Waals surface area contributed by atoms with Gasteiger partial charge in [-0.15, -0.1) is 21.5 Å². The number of benzene rings is 1. The van der Waals surface area contributed by atoms with E-state index in [1.54, 1.807) is 14.1 Å². The van der Waals surface area contributed by atoms with Gasteiger partial charge in [-0.2, -0.15) is 0 Å². The molecule has 206 valence electrons. The van der Waals surface area contributed by atoms with E-state index in [-0.39, 0.29) is 28.6 Å². The monoisotopic (exact) mass is 573 g/mol. The smallest absolute Gasteiger partial charge is 0.280 e. The molecule has 0 saturated heterocycles. The number of nitrogens with zero attached hydrogens (tertiary/aromatic N) is 5. The summed E-state index contributed by atoms with van der Waals surface area (Å²) in [4.78, 5) is 48.5. The molecule has 3 unspecified atom stereocenters. The summed E-state index contributed by atoms with van der Waals surface area (Å²) in [5, 5.41) is 14.4. The average Bonchev–Trinajstić information content (AvgIpc) is 3.32. The summed E-state index contributed by atoms with van der Waals surface area (Å²) in [6, 6.07) is 3.32. The summed E-state index contributed by atoms with van der Waals surface area (Å²) in [7, 11) is 5.40. The van der Waals surface area contributed by atoms with Crippen molar-refractivity contribution in [3.05, 3.63) is 50.3 Å². The van der Waals surface area contributed by atoms with Gasteiger partial charge in [0.25, 0.3) is 11.8 Å². The molecule has 0 spiro atoms. The molecular weight excluding hydrogens is 545 g/mol. The van der Waals surface area contributed by atoms with Crippen molar-refractivity contribution in [2.45, 2.75) is 44.3 Å². The lowest BCUT2D eigenvalue weighted by Gasteiger charge is -2.37. The number of nitrogens with one attached hydrogen (secondary N) is 2. The number of hydrogen-bond acceptors (Lipinski definition) is 8. The van der Waals surface area contributed by atoms with Crippen molar-refractivity contribution >= 4 is 51.6 Å². The Hall–Kier alpha value is -3.22. The predicted molar refractivity (Wildman–Crippen MR) is 145 cm³/mol. The lowest BCUT2D eigenvalue weighted by atomic mass is 9.81. The summed E-state index contributed by atoms with van der Waals surface area (Å²) in [5.74, 6) is -2.26. The summed E-state index contributed by atoms with van der Waals surface area (Å²) in [6.07, 6.45) is 2.03. The van der Waals surface area contributed by atoms with Crippen molar-refractivity contribution in [2.24, 2.45) is 5.92 Å². The van der Waals surface area contributed by atoms with Gasteiger partial charge in [0.05, 0.1) is 17.3 Å². The Bertz CT molecular complexity index is 1450. The zero-order valence-electron chi connectivity index (χ0n) is 21.8. The SMILES string of the molecule is CN1CCc2nc(C(=O)NC3CC(C(=O)N(C)C)CCC3NC(=O)c3nnc4cc(Cl)ccc4c3F)sc2C1. The van der Waals surface area contributed by atoms with Gasteiger partial charge in [-0.05, 0) is 44.5 Å². The highest BCUT2D eigenvalue weighted by molar-refractivity contribution is 7.13. The molecule has 39 heavy (non-hydrogen) atoms. The number of carbonyl (C=O) groups is 3. The van der Waals surface area contributed by atoms with Crippen LogP contribution in [0.3, 0.4) is 0 Å². The van der Waals surface area contributed by atoms with Crippen LogP contribution in [0.4, 0.5) is 4.39 Å². The molecule has 2 aromatic heterocycles. The fourth-order valence-corrected chi connectivity index (χ4v) is 6.43. The van der Waals surface area contributed by atoms with Crippen molar-refractivity contribution in [1.82, 2.24) is 35.6 Å². The molecule has 1 aliphatic heterocycles. The summed E-state index contributed by atoms with van der Waals surface area (Å²) in [5.41, 5.74) is 0.726. The van der Waals surface area contributed by atoms with Crippen molar-refractivity contribution in [1.29, 1.82) is 0 Å². The largest absolute Gasteiger partial charge is 0.349 e. The van der Waals surface area contributed by atoms with Gasteiger partial charge < -0.3 is 20.4 Å². The molecule has 3 amide bonds. The number of likely N-dealkylation sites (N-methyl/N-ethyl adjacent to an activating group) is 1. The number of amides is 3. The van der Waals surface area contributed by atoms with E-state index < -0.39 is 29.5 Å². The maximum absolute atomic E-state index is 15.2. The van der Waals surface area contributed by atoms with Crippen LogP contribution in [-0.4, -0.2) is 82.5 Å². The van der Waals surface area contributed by atoms with Gasteiger partial charge in [0, 0.05) is 60.9 Å². The van der Waals surface area contributed by atoms with Gasteiger partial charge in [0.2, 0.25) is 5.91 Å². The molecule has 2 N–H and O–H groups in total. The first-order valence-electron chi connectivity index (χ1n) is 12.7. The normalized spacial score (nSPS) is 21.3. The number of fused-ring (bicyclic) bond motifs is 2. The van der Waals surface area contributed by atoms with E-state index >= 15 is 4.39 Å².